The molecule has 0 spiro atoms. The lowest BCUT2D eigenvalue weighted by Gasteiger charge is -2.31. The summed E-state index contributed by atoms with van der Waals surface area (Å²) in [6.07, 6.45) is 4.96. The molecule has 2 aliphatic rings. The molecule has 4 amide bonds. The number of methoxy groups -OCH3 is 1. The van der Waals surface area contributed by atoms with Crippen LogP contribution in [0.1, 0.15) is 45.1 Å². The first kappa shape index (κ1) is 20.6. The van der Waals surface area contributed by atoms with Crippen molar-refractivity contribution in [2.24, 2.45) is 0 Å². The van der Waals surface area contributed by atoms with Crippen LogP contribution in [0.3, 0.4) is 0 Å². The molecule has 150 valence electrons. The number of amides is 4. The van der Waals surface area contributed by atoms with E-state index >= 15 is 0 Å². The number of halogens is 1. The van der Waals surface area contributed by atoms with Crippen LogP contribution in [-0.2, 0) is 9.59 Å². The number of carbonyl (C=O) groups excluding carboxylic acids is 3. The molecule has 0 radical (unpaired) electrons. The number of hydrogen-bond acceptors (Lipinski definition) is 5. The predicted molar refractivity (Wildman–Crippen MR) is 112 cm³/mol. The van der Waals surface area contributed by atoms with Gasteiger partial charge in [0, 0.05) is 6.04 Å². The van der Waals surface area contributed by atoms with Crippen molar-refractivity contribution in [1.29, 1.82) is 0 Å². The summed E-state index contributed by atoms with van der Waals surface area (Å²) < 4.78 is 12.0. The monoisotopic (exact) mass is 498 g/mol. The van der Waals surface area contributed by atoms with Gasteiger partial charge in [0.15, 0.2) is 11.5 Å². The van der Waals surface area contributed by atoms with Crippen LogP contribution in [0.25, 0.3) is 6.08 Å². The highest BCUT2D eigenvalue weighted by atomic mass is 127. The third-order valence-electron chi connectivity index (χ3n) is 4.74. The molecule has 0 bridgehead atoms. The van der Waals surface area contributed by atoms with Crippen molar-refractivity contribution in [2.75, 3.05) is 7.11 Å². The van der Waals surface area contributed by atoms with Gasteiger partial charge in [-0.05, 0) is 73.1 Å². The van der Waals surface area contributed by atoms with E-state index in [2.05, 4.69) is 27.9 Å². The number of urea groups is 1. The third kappa shape index (κ3) is 4.16. The molecule has 28 heavy (non-hydrogen) atoms. The fourth-order valence-corrected chi connectivity index (χ4v) is 4.26. The number of benzene rings is 1. The van der Waals surface area contributed by atoms with Crippen molar-refractivity contribution in [3.05, 3.63) is 26.8 Å². The normalized spacial score (nSPS) is 19.5. The minimum absolute atomic E-state index is 0.0247. The van der Waals surface area contributed by atoms with Gasteiger partial charge in [0.2, 0.25) is 0 Å². The third-order valence-corrected chi connectivity index (χ3v) is 5.54. The standard InChI is InChI=1S/C20H23IN2O5/c1-11(2)28-17-15(21)9-12(10-16(17)27-3)8-14-18(24)22-20(26)23(19(14)25)13-6-4-5-7-13/h8-11,13H,4-7H2,1-3H3,(H,22,24,26)/b14-8+. The Hall–Kier alpha value is -2.10. The van der Waals surface area contributed by atoms with Gasteiger partial charge in [0.1, 0.15) is 5.57 Å². The van der Waals surface area contributed by atoms with Gasteiger partial charge in [0.05, 0.1) is 16.8 Å². The lowest BCUT2D eigenvalue weighted by molar-refractivity contribution is -0.131. The Bertz CT molecular complexity index is 843. The summed E-state index contributed by atoms with van der Waals surface area (Å²) in [6.45, 7) is 3.84. The Kier molecular flexibility index (Phi) is 6.26. The van der Waals surface area contributed by atoms with E-state index < -0.39 is 17.8 Å². The first-order valence-electron chi connectivity index (χ1n) is 9.26. The minimum atomic E-state index is -0.680. The molecule has 1 saturated carbocycles. The molecule has 1 aliphatic carbocycles. The summed E-state index contributed by atoms with van der Waals surface area (Å²) in [5, 5.41) is 2.29. The van der Waals surface area contributed by atoms with Gasteiger partial charge in [0.25, 0.3) is 11.8 Å². The SMILES string of the molecule is COc1cc(/C=C2\C(=O)NC(=O)N(C3CCCC3)C2=O)cc(I)c1OC(C)C. The molecule has 1 heterocycles. The topological polar surface area (TPSA) is 84.9 Å². The van der Waals surface area contributed by atoms with Crippen LogP contribution in [0.2, 0.25) is 0 Å². The molecular weight excluding hydrogens is 475 g/mol. The maximum Gasteiger partial charge on any atom is 0.331 e. The maximum atomic E-state index is 12.9. The van der Waals surface area contributed by atoms with E-state index in [1.165, 1.54) is 18.1 Å². The van der Waals surface area contributed by atoms with Gasteiger partial charge in [-0.1, -0.05) is 12.8 Å². The zero-order valence-corrected chi connectivity index (χ0v) is 18.2. The molecule has 3 rings (SSSR count). The summed E-state index contributed by atoms with van der Waals surface area (Å²) in [5.74, 6) is -0.0971. The molecule has 1 aromatic carbocycles. The largest absolute Gasteiger partial charge is 0.493 e. The molecule has 0 atom stereocenters. The molecule has 1 aliphatic heterocycles. The van der Waals surface area contributed by atoms with Crippen LogP contribution in [0.4, 0.5) is 4.79 Å². The van der Waals surface area contributed by atoms with Crippen molar-refractivity contribution in [3.8, 4) is 11.5 Å². The molecule has 1 aromatic rings. The Morgan fingerprint density at radius 2 is 1.89 bits per heavy atom. The Labute approximate surface area is 177 Å². The zero-order valence-electron chi connectivity index (χ0n) is 16.1. The van der Waals surface area contributed by atoms with Gasteiger partial charge in [-0.3, -0.25) is 19.8 Å². The minimum Gasteiger partial charge on any atom is -0.493 e. The van der Waals surface area contributed by atoms with E-state index in [-0.39, 0.29) is 17.7 Å². The van der Waals surface area contributed by atoms with Crippen LogP contribution in [0.5, 0.6) is 11.5 Å². The summed E-state index contributed by atoms with van der Waals surface area (Å²) >= 11 is 2.13. The fraction of sp³-hybridized carbons (Fsp3) is 0.450. The average Bonchev–Trinajstić information content (AvgIpc) is 3.14. The van der Waals surface area contributed by atoms with Crippen LogP contribution in [0, 0.1) is 3.57 Å². The lowest BCUT2D eigenvalue weighted by atomic mass is 10.0. The number of imide groups is 2. The van der Waals surface area contributed by atoms with E-state index in [1.807, 2.05) is 19.9 Å². The van der Waals surface area contributed by atoms with E-state index in [1.54, 1.807) is 6.07 Å². The van der Waals surface area contributed by atoms with E-state index in [0.29, 0.717) is 17.1 Å². The van der Waals surface area contributed by atoms with Gasteiger partial charge in [-0.2, -0.15) is 0 Å². The second-order valence-corrected chi connectivity index (χ2v) is 8.29. The first-order valence-corrected chi connectivity index (χ1v) is 10.3. The Morgan fingerprint density at radius 1 is 1.21 bits per heavy atom. The highest BCUT2D eigenvalue weighted by Crippen LogP contribution is 2.36. The van der Waals surface area contributed by atoms with E-state index in [0.717, 1.165) is 29.3 Å². The quantitative estimate of drug-likeness (QED) is 0.382. The zero-order chi connectivity index (χ0) is 20.4. The van der Waals surface area contributed by atoms with Crippen molar-refractivity contribution >= 4 is 46.5 Å². The summed E-state index contributed by atoms with van der Waals surface area (Å²) in [6, 6.07) is 2.74. The Morgan fingerprint density at radius 3 is 2.50 bits per heavy atom. The van der Waals surface area contributed by atoms with Crippen LogP contribution in [-0.4, -0.2) is 42.0 Å². The number of carbonyl (C=O) groups is 3. The fourth-order valence-electron chi connectivity index (χ4n) is 3.51. The Balaban J connectivity index is 1.96. The summed E-state index contributed by atoms with van der Waals surface area (Å²) in [4.78, 5) is 38.6. The summed E-state index contributed by atoms with van der Waals surface area (Å²) in [7, 11) is 1.54. The molecule has 7 nitrogen and oxygen atoms in total. The number of barbiturate groups is 1. The second-order valence-electron chi connectivity index (χ2n) is 7.13. The first-order chi connectivity index (χ1) is 13.3. The number of nitrogens with zero attached hydrogens (tertiary/aromatic N) is 1. The lowest BCUT2D eigenvalue weighted by Crippen LogP contribution is -2.57. The molecule has 0 unspecified atom stereocenters. The number of hydrogen-bond donors (Lipinski definition) is 1. The maximum absolute atomic E-state index is 12.9. The molecule has 1 saturated heterocycles. The smallest absolute Gasteiger partial charge is 0.331 e. The highest BCUT2D eigenvalue weighted by Gasteiger charge is 2.40. The van der Waals surface area contributed by atoms with Crippen LogP contribution in [0.15, 0.2) is 17.7 Å². The summed E-state index contributed by atoms with van der Waals surface area (Å²) in [5.41, 5.74) is 0.568. The molecule has 2 fully saturated rings. The molecule has 0 aromatic heterocycles. The van der Waals surface area contributed by atoms with Crippen LogP contribution >= 0.6 is 22.6 Å². The number of ether oxygens (including phenoxy) is 2. The van der Waals surface area contributed by atoms with Gasteiger partial charge < -0.3 is 9.47 Å². The number of rotatable bonds is 5. The van der Waals surface area contributed by atoms with Crippen LogP contribution < -0.4 is 14.8 Å². The number of nitrogens with one attached hydrogen (secondary N) is 1. The van der Waals surface area contributed by atoms with Crippen molar-refractivity contribution in [1.82, 2.24) is 10.2 Å². The van der Waals surface area contributed by atoms with Crippen molar-refractivity contribution in [2.45, 2.75) is 51.7 Å². The van der Waals surface area contributed by atoms with Crippen molar-refractivity contribution < 1.29 is 23.9 Å². The van der Waals surface area contributed by atoms with E-state index in [4.69, 9.17) is 9.47 Å². The van der Waals surface area contributed by atoms with Gasteiger partial charge in [-0.15, -0.1) is 0 Å². The average molecular weight is 498 g/mol. The van der Waals surface area contributed by atoms with Crippen molar-refractivity contribution in [3.63, 3.8) is 0 Å². The second kappa shape index (κ2) is 8.50. The van der Waals surface area contributed by atoms with Gasteiger partial charge in [-0.25, -0.2) is 4.79 Å². The molecule has 8 heteroatoms. The molecular formula is C20H23IN2O5. The van der Waals surface area contributed by atoms with E-state index in [9.17, 15) is 14.4 Å². The predicted octanol–water partition coefficient (Wildman–Crippen LogP) is 3.49. The highest BCUT2D eigenvalue weighted by molar-refractivity contribution is 14.1. The molecule has 1 N–H and O–H groups in total. The van der Waals surface area contributed by atoms with Gasteiger partial charge >= 0.3 is 6.03 Å².